The molecule has 2 atom stereocenters. The van der Waals surface area contributed by atoms with Gasteiger partial charge in [-0.3, -0.25) is 0 Å². The molecule has 172 valence electrons. The lowest BCUT2D eigenvalue weighted by Crippen LogP contribution is -2.35. The Balaban J connectivity index is 1.46. The van der Waals surface area contributed by atoms with E-state index in [1.807, 2.05) is 0 Å². The van der Waals surface area contributed by atoms with Crippen molar-refractivity contribution in [1.29, 1.82) is 0 Å². The zero-order valence-electron chi connectivity index (χ0n) is 20.0. The minimum atomic E-state index is -0.264. The quantitative estimate of drug-likeness (QED) is 0.282. The average molecular weight is 462 g/mol. The van der Waals surface area contributed by atoms with Gasteiger partial charge in [-0.2, -0.15) is 0 Å². The monoisotopic (exact) mass is 461 g/mol. The van der Waals surface area contributed by atoms with E-state index in [2.05, 4.69) is 151 Å². The molecule has 36 heavy (non-hydrogen) atoms. The van der Waals surface area contributed by atoms with Gasteiger partial charge in [0.1, 0.15) is 0 Å². The summed E-state index contributed by atoms with van der Waals surface area (Å²) in [5, 5.41) is 6.24. The van der Waals surface area contributed by atoms with E-state index in [9.17, 15) is 0 Å². The molecule has 0 bridgehead atoms. The van der Waals surface area contributed by atoms with Gasteiger partial charge in [-0.1, -0.05) is 127 Å². The first-order chi connectivity index (χ1) is 17.9. The van der Waals surface area contributed by atoms with Crippen molar-refractivity contribution < 1.29 is 0 Å². The summed E-state index contributed by atoms with van der Waals surface area (Å²) in [7, 11) is 0. The molecule has 0 amide bonds. The van der Waals surface area contributed by atoms with E-state index in [4.69, 9.17) is 0 Å². The second kappa shape index (κ2) is 8.39. The summed E-state index contributed by atoms with van der Waals surface area (Å²) in [5.74, 6) is 0.659. The number of benzene rings is 5. The van der Waals surface area contributed by atoms with E-state index in [1.54, 1.807) is 0 Å². The van der Waals surface area contributed by atoms with Crippen molar-refractivity contribution in [1.82, 2.24) is 0 Å². The van der Waals surface area contributed by atoms with Gasteiger partial charge in [0.2, 0.25) is 0 Å². The Morgan fingerprint density at radius 3 is 2.03 bits per heavy atom. The summed E-state index contributed by atoms with van der Waals surface area (Å²) in [6.07, 6.45) is 9.24. The molecule has 1 nitrogen and oxygen atoms in total. The summed E-state index contributed by atoms with van der Waals surface area (Å²) in [4.78, 5) is 0. The molecule has 0 saturated heterocycles. The second-order valence-corrected chi connectivity index (χ2v) is 9.82. The Hall–Kier alpha value is -4.36. The molecule has 1 N–H and O–H groups in total. The minimum absolute atomic E-state index is 0.264. The number of fused-ring (bicyclic) bond motifs is 4. The molecule has 0 fully saturated rings. The average Bonchev–Trinajstić information content (AvgIpc) is 3.25. The molecule has 2 aliphatic rings. The smallest absolute Gasteiger partial charge is 0.0526 e. The Kier molecular flexibility index (Phi) is 4.89. The van der Waals surface area contributed by atoms with Crippen LogP contribution in [0.4, 0.5) is 11.4 Å². The molecular weight excluding hydrogens is 434 g/mol. The first kappa shape index (κ1) is 21.0. The summed E-state index contributed by atoms with van der Waals surface area (Å²) in [6.45, 7) is 0. The fourth-order valence-corrected chi connectivity index (χ4v) is 6.52. The molecule has 5 aromatic rings. The van der Waals surface area contributed by atoms with Crippen LogP contribution in [0, 0.1) is 5.92 Å². The maximum Gasteiger partial charge on any atom is 0.0526 e. The Labute approximate surface area is 212 Å². The number of nitrogens with one attached hydrogen (secondary N) is 1. The SMILES string of the molecule is C1=CC2c3ccc(Nc4cccc5ccccc45)cc3C(c3ccccc3)(c3ccccc3)C2C=C1. The van der Waals surface area contributed by atoms with E-state index in [0.717, 1.165) is 11.4 Å². The molecule has 0 saturated carbocycles. The third kappa shape index (κ3) is 3.09. The van der Waals surface area contributed by atoms with Gasteiger partial charge in [-0.05, 0) is 45.8 Å². The van der Waals surface area contributed by atoms with Crippen molar-refractivity contribution in [2.45, 2.75) is 11.3 Å². The van der Waals surface area contributed by atoms with Crippen LogP contribution in [0.5, 0.6) is 0 Å². The maximum atomic E-state index is 3.76. The van der Waals surface area contributed by atoms with E-state index >= 15 is 0 Å². The fraction of sp³-hybridized carbons (Fsp3) is 0.0857. The van der Waals surface area contributed by atoms with Gasteiger partial charge in [0.05, 0.1) is 5.41 Å². The Bertz CT molecular complexity index is 1570. The third-order valence-corrected chi connectivity index (χ3v) is 8.00. The van der Waals surface area contributed by atoms with Gasteiger partial charge in [0, 0.05) is 28.6 Å². The van der Waals surface area contributed by atoms with Gasteiger partial charge in [-0.15, -0.1) is 0 Å². The number of hydrogen-bond donors (Lipinski definition) is 1. The zero-order chi connectivity index (χ0) is 24.0. The van der Waals surface area contributed by atoms with Crippen LogP contribution >= 0.6 is 0 Å². The second-order valence-electron chi connectivity index (χ2n) is 9.82. The molecule has 0 aromatic heterocycles. The number of hydrogen-bond acceptors (Lipinski definition) is 1. The molecular formula is C35H27N. The highest BCUT2D eigenvalue weighted by atomic mass is 14.9. The lowest BCUT2D eigenvalue weighted by molar-refractivity contribution is 0.457. The Morgan fingerprint density at radius 2 is 1.25 bits per heavy atom. The first-order valence-corrected chi connectivity index (χ1v) is 12.7. The molecule has 7 rings (SSSR count). The van der Waals surface area contributed by atoms with Gasteiger partial charge in [-0.25, -0.2) is 0 Å². The lowest BCUT2D eigenvalue weighted by atomic mass is 9.63. The van der Waals surface area contributed by atoms with Crippen molar-refractivity contribution in [3.63, 3.8) is 0 Å². The number of anilines is 2. The predicted molar refractivity (Wildman–Crippen MR) is 151 cm³/mol. The van der Waals surface area contributed by atoms with Crippen LogP contribution in [0.3, 0.4) is 0 Å². The standard InChI is InChI=1S/C35H27N/c1-3-14-26(15-4-1)35(27-16-5-2-6-17-27)32-20-10-9-19-30(32)31-23-22-28(24-33(31)35)36-34-21-11-13-25-12-7-8-18-29(25)34/h1-24,30,32,36H. The van der Waals surface area contributed by atoms with E-state index in [-0.39, 0.29) is 5.41 Å². The highest BCUT2D eigenvalue weighted by Gasteiger charge is 2.52. The summed E-state index contributed by atoms with van der Waals surface area (Å²) >= 11 is 0. The third-order valence-electron chi connectivity index (χ3n) is 8.00. The lowest BCUT2D eigenvalue weighted by Gasteiger charge is -2.39. The number of rotatable bonds is 4. The van der Waals surface area contributed by atoms with Gasteiger partial charge >= 0.3 is 0 Å². The molecule has 2 unspecified atom stereocenters. The van der Waals surface area contributed by atoms with Crippen LogP contribution in [0.1, 0.15) is 28.2 Å². The summed E-state index contributed by atoms with van der Waals surface area (Å²) in [6, 6.07) is 44.1. The Morgan fingerprint density at radius 1 is 0.583 bits per heavy atom. The molecule has 0 radical (unpaired) electrons. The summed E-state index contributed by atoms with van der Waals surface area (Å²) < 4.78 is 0. The van der Waals surface area contributed by atoms with Crippen LogP contribution in [0.15, 0.2) is 146 Å². The molecule has 0 aliphatic heterocycles. The maximum absolute atomic E-state index is 3.76. The van der Waals surface area contributed by atoms with E-state index < -0.39 is 0 Å². The van der Waals surface area contributed by atoms with Crippen molar-refractivity contribution in [3.8, 4) is 0 Å². The highest BCUT2D eigenvalue weighted by Crippen LogP contribution is 2.59. The van der Waals surface area contributed by atoms with Crippen LogP contribution in [0.25, 0.3) is 10.8 Å². The van der Waals surface area contributed by atoms with E-state index in [0.29, 0.717) is 11.8 Å². The van der Waals surface area contributed by atoms with Crippen molar-refractivity contribution in [3.05, 3.63) is 168 Å². The van der Waals surface area contributed by atoms with Crippen LogP contribution in [0.2, 0.25) is 0 Å². The number of allylic oxidation sites excluding steroid dienone is 4. The molecule has 1 heteroatoms. The summed E-state index contributed by atoms with van der Waals surface area (Å²) in [5.41, 5.74) is 7.47. The topological polar surface area (TPSA) is 12.0 Å². The molecule has 2 aliphatic carbocycles. The first-order valence-electron chi connectivity index (χ1n) is 12.7. The van der Waals surface area contributed by atoms with Crippen molar-refractivity contribution in [2.24, 2.45) is 5.92 Å². The van der Waals surface area contributed by atoms with Gasteiger partial charge < -0.3 is 5.32 Å². The largest absolute Gasteiger partial charge is 0.355 e. The fourth-order valence-electron chi connectivity index (χ4n) is 6.52. The van der Waals surface area contributed by atoms with Crippen LogP contribution in [-0.2, 0) is 5.41 Å². The van der Waals surface area contributed by atoms with E-state index in [1.165, 1.54) is 33.0 Å². The van der Waals surface area contributed by atoms with Crippen molar-refractivity contribution in [2.75, 3.05) is 5.32 Å². The normalized spacial score (nSPS) is 19.1. The molecule has 5 aromatic carbocycles. The molecule has 0 spiro atoms. The van der Waals surface area contributed by atoms with Gasteiger partial charge in [0.15, 0.2) is 0 Å². The molecule has 0 heterocycles. The van der Waals surface area contributed by atoms with Crippen molar-refractivity contribution >= 4 is 22.1 Å². The van der Waals surface area contributed by atoms with Crippen LogP contribution in [-0.4, -0.2) is 0 Å². The van der Waals surface area contributed by atoms with Gasteiger partial charge in [0.25, 0.3) is 0 Å². The predicted octanol–water partition coefficient (Wildman–Crippen LogP) is 8.76. The highest BCUT2D eigenvalue weighted by molar-refractivity contribution is 5.95. The zero-order valence-corrected chi connectivity index (χ0v) is 20.0. The minimum Gasteiger partial charge on any atom is -0.355 e. The van der Waals surface area contributed by atoms with Crippen LogP contribution < -0.4 is 5.32 Å².